The van der Waals surface area contributed by atoms with Crippen molar-refractivity contribution in [3.63, 3.8) is 0 Å². The van der Waals surface area contributed by atoms with Crippen molar-refractivity contribution < 1.29 is 13.2 Å². The largest absolute Gasteiger partial charge is 0.381 e. The van der Waals surface area contributed by atoms with E-state index in [0.29, 0.717) is 38.1 Å². The summed E-state index contributed by atoms with van der Waals surface area (Å²) in [5, 5.41) is 3.54. The SMILES string of the molecule is O=S(=O)(NCC1CCOC1)N1CCC(CNC2CC2)CC1. The predicted molar refractivity (Wildman–Crippen MR) is 81.2 cm³/mol. The third-order valence-electron chi connectivity index (χ3n) is 4.76. The Morgan fingerprint density at radius 1 is 1.00 bits per heavy atom. The van der Waals surface area contributed by atoms with E-state index in [1.54, 1.807) is 4.31 Å². The molecule has 1 unspecified atom stereocenters. The molecule has 122 valence electrons. The number of piperidine rings is 1. The van der Waals surface area contributed by atoms with Crippen molar-refractivity contribution in [1.29, 1.82) is 0 Å². The van der Waals surface area contributed by atoms with Crippen molar-refractivity contribution in [3.05, 3.63) is 0 Å². The highest BCUT2D eigenvalue weighted by Gasteiger charge is 2.30. The molecule has 2 heterocycles. The molecule has 21 heavy (non-hydrogen) atoms. The van der Waals surface area contributed by atoms with Crippen LogP contribution in [0.4, 0.5) is 0 Å². The molecule has 0 spiro atoms. The molecule has 2 aliphatic heterocycles. The van der Waals surface area contributed by atoms with Gasteiger partial charge in [-0.05, 0) is 50.5 Å². The maximum absolute atomic E-state index is 12.3. The van der Waals surface area contributed by atoms with Crippen molar-refractivity contribution in [1.82, 2.24) is 14.3 Å². The molecule has 0 amide bonds. The van der Waals surface area contributed by atoms with Crippen LogP contribution < -0.4 is 10.0 Å². The normalized spacial score (nSPS) is 29.0. The van der Waals surface area contributed by atoms with Crippen LogP contribution >= 0.6 is 0 Å². The Kier molecular flexibility index (Phi) is 5.16. The van der Waals surface area contributed by atoms with Gasteiger partial charge < -0.3 is 10.1 Å². The van der Waals surface area contributed by atoms with Gasteiger partial charge in [0.15, 0.2) is 0 Å². The molecule has 3 aliphatic rings. The summed E-state index contributed by atoms with van der Waals surface area (Å²) >= 11 is 0. The molecule has 0 radical (unpaired) electrons. The smallest absolute Gasteiger partial charge is 0.279 e. The minimum absolute atomic E-state index is 0.333. The van der Waals surface area contributed by atoms with E-state index in [2.05, 4.69) is 10.0 Å². The average molecular weight is 317 g/mol. The number of nitrogens with one attached hydrogen (secondary N) is 2. The number of nitrogens with zero attached hydrogens (tertiary/aromatic N) is 1. The van der Waals surface area contributed by atoms with E-state index in [0.717, 1.165) is 38.5 Å². The highest BCUT2D eigenvalue weighted by molar-refractivity contribution is 7.87. The molecule has 0 bridgehead atoms. The maximum Gasteiger partial charge on any atom is 0.279 e. The van der Waals surface area contributed by atoms with Gasteiger partial charge in [-0.15, -0.1) is 0 Å². The Morgan fingerprint density at radius 3 is 2.38 bits per heavy atom. The van der Waals surface area contributed by atoms with Crippen molar-refractivity contribution in [2.24, 2.45) is 11.8 Å². The second-order valence-electron chi connectivity index (χ2n) is 6.61. The molecule has 3 fully saturated rings. The van der Waals surface area contributed by atoms with Gasteiger partial charge in [-0.3, -0.25) is 0 Å². The lowest BCUT2D eigenvalue weighted by molar-refractivity contribution is 0.186. The minimum Gasteiger partial charge on any atom is -0.381 e. The highest BCUT2D eigenvalue weighted by Crippen LogP contribution is 2.22. The Hall–Kier alpha value is -0.210. The fourth-order valence-corrected chi connectivity index (χ4v) is 4.35. The molecule has 1 saturated carbocycles. The van der Waals surface area contributed by atoms with Gasteiger partial charge in [-0.2, -0.15) is 12.7 Å². The van der Waals surface area contributed by atoms with E-state index in [-0.39, 0.29) is 0 Å². The van der Waals surface area contributed by atoms with E-state index < -0.39 is 10.2 Å². The molecule has 1 atom stereocenters. The van der Waals surface area contributed by atoms with Gasteiger partial charge in [-0.1, -0.05) is 0 Å². The Labute approximate surface area is 127 Å². The molecular weight excluding hydrogens is 290 g/mol. The molecule has 0 aromatic rings. The van der Waals surface area contributed by atoms with E-state index in [1.807, 2.05) is 0 Å². The van der Waals surface area contributed by atoms with Crippen LogP contribution in [0.3, 0.4) is 0 Å². The van der Waals surface area contributed by atoms with Gasteiger partial charge in [0.25, 0.3) is 10.2 Å². The zero-order valence-electron chi connectivity index (χ0n) is 12.6. The molecule has 1 aliphatic carbocycles. The second-order valence-corrected chi connectivity index (χ2v) is 8.36. The second kappa shape index (κ2) is 6.91. The monoisotopic (exact) mass is 317 g/mol. The predicted octanol–water partition coefficient (Wildman–Crippen LogP) is 0.321. The molecular formula is C14H27N3O3S. The van der Waals surface area contributed by atoms with Crippen LogP contribution in [-0.2, 0) is 14.9 Å². The Bertz CT molecular complexity index is 425. The lowest BCUT2D eigenvalue weighted by Gasteiger charge is -2.31. The fourth-order valence-electron chi connectivity index (χ4n) is 3.03. The van der Waals surface area contributed by atoms with E-state index in [9.17, 15) is 8.42 Å². The third kappa shape index (κ3) is 4.63. The number of ether oxygens (including phenoxy) is 1. The van der Waals surface area contributed by atoms with Gasteiger partial charge in [0, 0.05) is 32.3 Å². The van der Waals surface area contributed by atoms with E-state index in [1.165, 1.54) is 12.8 Å². The lowest BCUT2D eigenvalue weighted by atomic mass is 9.98. The summed E-state index contributed by atoms with van der Waals surface area (Å²) in [6.07, 6.45) is 5.50. The third-order valence-corrected chi connectivity index (χ3v) is 6.34. The van der Waals surface area contributed by atoms with Gasteiger partial charge in [0.2, 0.25) is 0 Å². The minimum atomic E-state index is -3.31. The lowest BCUT2D eigenvalue weighted by Crippen LogP contribution is -2.47. The number of hydrogen-bond acceptors (Lipinski definition) is 4. The topological polar surface area (TPSA) is 70.7 Å². The molecule has 2 N–H and O–H groups in total. The first-order valence-corrected chi connectivity index (χ1v) is 9.63. The molecule has 7 heteroatoms. The summed E-state index contributed by atoms with van der Waals surface area (Å²) in [4.78, 5) is 0. The van der Waals surface area contributed by atoms with Crippen molar-refractivity contribution >= 4 is 10.2 Å². The molecule has 3 rings (SSSR count). The summed E-state index contributed by atoms with van der Waals surface area (Å²) in [6.45, 7) is 4.28. The van der Waals surface area contributed by atoms with Gasteiger partial charge >= 0.3 is 0 Å². The first-order chi connectivity index (χ1) is 10.1. The Balaban J connectivity index is 1.39. The van der Waals surface area contributed by atoms with Crippen molar-refractivity contribution in [2.45, 2.75) is 38.1 Å². The standard InChI is InChI=1S/C14H27N3O3S/c18-21(19,16-10-13-5-8-20-11-13)17-6-3-12(4-7-17)9-15-14-1-2-14/h12-16H,1-11H2. The van der Waals surface area contributed by atoms with Crippen LogP contribution in [0.2, 0.25) is 0 Å². The van der Waals surface area contributed by atoms with Gasteiger partial charge in [0.05, 0.1) is 6.61 Å². The molecule has 0 aromatic carbocycles. The summed E-state index contributed by atoms with van der Waals surface area (Å²) in [5.41, 5.74) is 0. The summed E-state index contributed by atoms with van der Waals surface area (Å²) in [6, 6.07) is 0.738. The van der Waals surface area contributed by atoms with Crippen molar-refractivity contribution in [3.8, 4) is 0 Å². The average Bonchev–Trinajstić information content (AvgIpc) is 3.17. The van der Waals surface area contributed by atoms with Crippen LogP contribution in [-0.4, -0.2) is 58.2 Å². The zero-order chi connectivity index (χ0) is 14.7. The zero-order valence-corrected chi connectivity index (χ0v) is 13.4. The van der Waals surface area contributed by atoms with Crippen LogP contribution in [0.15, 0.2) is 0 Å². The quantitative estimate of drug-likeness (QED) is 0.709. The van der Waals surface area contributed by atoms with Crippen LogP contribution in [0, 0.1) is 11.8 Å². The summed E-state index contributed by atoms with van der Waals surface area (Å²) in [5.74, 6) is 0.959. The summed E-state index contributed by atoms with van der Waals surface area (Å²) < 4.78 is 34.2. The van der Waals surface area contributed by atoms with Gasteiger partial charge in [0.1, 0.15) is 0 Å². The molecule has 2 saturated heterocycles. The Morgan fingerprint density at radius 2 is 1.76 bits per heavy atom. The van der Waals surface area contributed by atoms with Gasteiger partial charge in [-0.25, -0.2) is 4.72 Å². The van der Waals surface area contributed by atoms with E-state index >= 15 is 0 Å². The number of hydrogen-bond donors (Lipinski definition) is 2. The first-order valence-electron chi connectivity index (χ1n) is 8.19. The van der Waals surface area contributed by atoms with Crippen molar-refractivity contribution in [2.75, 3.05) is 39.4 Å². The maximum atomic E-state index is 12.3. The van der Waals surface area contributed by atoms with Crippen LogP contribution in [0.25, 0.3) is 0 Å². The first kappa shape index (κ1) is 15.7. The van der Waals surface area contributed by atoms with Crippen LogP contribution in [0.5, 0.6) is 0 Å². The van der Waals surface area contributed by atoms with E-state index in [4.69, 9.17) is 4.74 Å². The molecule has 0 aromatic heterocycles. The highest BCUT2D eigenvalue weighted by atomic mass is 32.2. The van der Waals surface area contributed by atoms with Crippen LogP contribution in [0.1, 0.15) is 32.1 Å². The fraction of sp³-hybridized carbons (Fsp3) is 1.00. The number of rotatable bonds is 7. The summed E-state index contributed by atoms with van der Waals surface area (Å²) in [7, 11) is -3.31. The molecule has 6 nitrogen and oxygen atoms in total.